The molecule has 0 saturated heterocycles. The van der Waals surface area contributed by atoms with Crippen LogP contribution in [0.4, 0.5) is 5.69 Å². The lowest BCUT2D eigenvalue weighted by molar-refractivity contribution is -0.118. The van der Waals surface area contributed by atoms with Crippen molar-refractivity contribution in [2.75, 3.05) is 11.9 Å². The number of ether oxygens (including phenoxy) is 1. The number of carbonyl (C=O) groups excluding carboxylic acids is 1. The molecule has 110 valence electrons. The van der Waals surface area contributed by atoms with Gasteiger partial charge in [-0.2, -0.15) is 0 Å². The third-order valence-corrected chi connectivity index (χ3v) is 3.30. The van der Waals surface area contributed by atoms with E-state index in [4.69, 9.17) is 4.74 Å². The van der Waals surface area contributed by atoms with Gasteiger partial charge < -0.3 is 15.0 Å². The molecule has 0 aliphatic heterocycles. The van der Waals surface area contributed by atoms with Crippen LogP contribution in [-0.4, -0.2) is 17.5 Å². The Morgan fingerprint density at radius 2 is 2.10 bits per heavy atom. The molecule has 2 aromatic rings. The van der Waals surface area contributed by atoms with Crippen molar-refractivity contribution in [3.05, 3.63) is 56.4 Å². The van der Waals surface area contributed by atoms with E-state index in [1.54, 1.807) is 0 Å². The van der Waals surface area contributed by atoms with Gasteiger partial charge in [-0.05, 0) is 53.0 Å². The van der Waals surface area contributed by atoms with Crippen molar-refractivity contribution in [1.82, 2.24) is 4.98 Å². The molecule has 0 spiro atoms. The lowest BCUT2D eigenvalue weighted by atomic mass is 10.1. The molecule has 0 atom stereocenters. The predicted molar refractivity (Wildman–Crippen MR) is 84.8 cm³/mol. The van der Waals surface area contributed by atoms with Crippen molar-refractivity contribution in [1.29, 1.82) is 0 Å². The van der Waals surface area contributed by atoms with Crippen LogP contribution in [0.15, 0.2) is 39.7 Å². The number of rotatable bonds is 4. The molecular formula is C15H15BrN2O3. The van der Waals surface area contributed by atoms with Crippen LogP contribution in [0, 0.1) is 13.8 Å². The van der Waals surface area contributed by atoms with Crippen molar-refractivity contribution >= 4 is 27.5 Å². The Balaban J connectivity index is 2.01. The monoisotopic (exact) mass is 350 g/mol. The summed E-state index contributed by atoms with van der Waals surface area (Å²) in [6.45, 7) is 3.70. The number of anilines is 1. The summed E-state index contributed by atoms with van der Waals surface area (Å²) in [4.78, 5) is 25.9. The molecule has 1 aromatic heterocycles. The van der Waals surface area contributed by atoms with Crippen LogP contribution in [0.25, 0.3) is 0 Å². The fourth-order valence-electron chi connectivity index (χ4n) is 1.74. The molecule has 5 nitrogen and oxygen atoms in total. The van der Waals surface area contributed by atoms with Crippen molar-refractivity contribution in [2.24, 2.45) is 0 Å². The molecule has 2 N–H and O–H groups in total. The first-order valence-electron chi connectivity index (χ1n) is 6.34. The maximum atomic E-state index is 11.8. The maximum Gasteiger partial charge on any atom is 0.271 e. The number of H-pyrrole nitrogens is 1. The number of nitrogens with one attached hydrogen (secondary N) is 2. The fraction of sp³-hybridized carbons (Fsp3) is 0.200. The molecule has 0 radical (unpaired) electrons. The molecule has 6 heteroatoms. The Hall–Kier alpha value is -2.08. The van der Waals surface area contributed by atoms with Gasteiger partial charge in [0.2, 0.25) is 0 Å². The lowest BCUT2D eigenvalue weighted by Crippen LogP contribution is -2.24. The predicted octanol–water partition coefficient (Wildman–Crippen LogP) is 2.77. The number of aromatic amines is 1. The van der Waals surface area contributed by atoms with Crippen molar-refractivity contribution in [3.8, 4) is 5.75 Å². The molecule has 0 fully saturated rings. The molecule has 1 amide bonds. The van der Waals surface area contributed by atoms with E-state index in [1.165, 1.54) is 12.3 Å². The summed E-state index contributed by atoms with van der Waals surface area (Å²) in [5.41, 5.74) is 1.82. The third kappa shape index (κ3) is 4.19. The molecule has 0 aliphatic carbocycles. The second-order valence-electron chi connectivity index (χ2n) is 4.67. The number of benzene rings is 1. The van der Waals surface area contributed by atoms with Gasteiger partial charge in [-0.1, -0.05) is 12.1 Å². The standard InChI is InChI=1S/C15H15BrN2O3/c1-9-3-4-10(2)13(5-9)21-8-14(19)18-12-6-11(16)7-17-15(12)20/h3-7H,8H2,1-2H3,(H,17,20)(H,18,19). The van der Waals surface area contributed by atoms with E-state index in [-0.39, 0.29) is 23.8 Å². The summed E-state index contributed by atoms with van der Waals surface area (Å²) in [5, 5.41) is 2.52. The lowest BCUT2D eigenvalue weighted by Gasteiger charge is -2.10. The minimum Gasteiger partial charge on any atom is -0.483 e. The first-order chi connectivity index (χ1) is 9.95. The highest BCUT2D eigenvalue weighted by Gasteiger charge is 2.08. The van der Waals surface area contributed by atoms with Crippen LogP contribution >= 0.6 is 15.9 Å². The van der Waals surface area contributed by atoms with E-state index >= 15 is 0 Å². The Morgan fingerprint density at radius 3 is 2.86 bits per heavy atom. The van der Waals surface area contributed by atoms with Crippen molar-refractivity contribution < 1.29 is 9.53 Å². The van der Waals surface area contributed by atoms with Gasteiger partial charge in [0.1, 0.15) is 11.4 Å². The van der Waals surface area contributed by atoms with E-state index in [2.05, 4.69) is 26.2 Å². The zero-order valence-corrected chi connectivity index (χ0v) is 13.3. The van der Waals surface area contributed by atoms with Gasteiger partial charge >= 0.3 is 0 Å². The van der Waals surface area contributed by atoms with Gasteiger partial charge in [0.25, 0.3) is 11.5 Å². The Kier molecular flexibility index (Phi) is 4.80. The summed E-state index contributed by atoms with van der Waals surface area (Å²) in [6.07, 6.45) is 1.50. The quantitative estimate of drug-likeness (QED) is 0.890. The molecule has 0 saturated carbocycles. The van der Waals surface area contributed by atoms with Gasteiger partial charge in [-0.15, -0.1) is 0 Å². The summed E-state index contributed by atoms with van der Waals surface area (Å²) >= 11 is 3.23. The summed E-state index contributed by atoms with van der Waals surface area (Å²) < 4.78 is 6.16. The highest BCUT2D eigenvalue weighted by molar-refractivity contribution is 9.10. The number of amides is 1. The number of hydrogen-bond donors (Lipinski definition) is 2. The minimum atomic E-state index is -0.389. The van der Waals surface area contributed by atoms with E-state index in [0.717, 1.165) is 11.1 Å². The third-order valence-electron chi connectivity index (χ3n) is 2.84. The molecule has 1 heterocycles. The van der Waals surface area contributed by atoms with E-state index in [0.29, 0.717) is 10.2 Å². The second-order valence-corrected chi connectivity index (χ2v) is 5.58. The number of halogens is 1. The van der Waals surface area contributed by atoms with Gasteiger partial charge in [0.05, 0.1) is 0 Å². The highest BCUT2D eigenvalue weighted by Crippen LogP contribution is 2.19. The van der Waals surface area contributed by atoms with Crippen LogP contribution in [0.2, 0.25) is 0 Å². The van der Waals surface area contributed by atoms with Gasteiger partial charge in [-0.3, -0.25) is 9.59 Å². The summed E-state index contributed by atoms with van der Waals surface area (Å²) in [7, 11) is 0. The second kappa shape index (κ2) is 6.58. The fourth-order valence-corrected chi connectivity index (χ4v) is 2.09. The largest absolute Gasteiger partial charge is 0.483 e. The first-order valence-corrected chi connectivity index (χ1v) is 7.13. The summed E-state index contributed by atoms with van der Waals surface area (Å²) in [5.74, 6) is 0.271. The van der Waals surface area contributed by atoms with Crippen LogP contribution in [0.3, 0.4) is 0 Å². The Labute approximate surface area is 130 Å². The molecule has 0 aliphatic rings. The number of pyridine rings is 1. The van der Waals surface area contributed by atoms with Crippen LogP contribution in [-0.2, 0) is 4.79 Å². The van der Waals surface area contributed by atoms with Gasteiger partial charge in [0, 0.05) is 10.7 Å². The summed E-state index contributed by atoms with van der Waals surface area (Å²) in [6, 6.07) is 7.31. The van der Waals surface area contributed by atoms with Crippen molar-refractivity contribution in [2.45, 2.75) is 13.8 Å². The van der Waals surface area contributed by atoms with Gasteiger partial charge in [0.15, 0.2) is 6.61 Å². The zero-order valence-electron chi connectivity index (χ0n) is 11.7. The molecular weight excluding hydrogens is 336 g/mol. The number of aromatic nitrogens is 1. The maximum absolute atomic E-state index is 11.8. The van der Waals surface area contributed by atoms with Crippen LogP contribution in [0.5, 0.6) is 5.75 Å². The normalized spacial score (nSPS) is 10.2. The van der Waals surface area contributed by atoms with E-state index in [1.807, 2.05) is 32.0 Å². The van der Waals surface area contributed by atoms with E-state index in [9.17, 15) is 9.59 Å². The Bertz CT molecular complexity index is 725. The average Bonchev–Trinajstić information content (AvgIpc) is 2.44. The minimum absolute atomic E-state index is 0.157. The molecule has 0 bridgehead atoms. The Morgan fingerprint density at radius 1 is 1.33 bits per heavy atom. The first kappa shape index (κ1) is 15.3. The van der Waals surface area contributed by atoms with E-state index < -0.39 is 0 Å². The van der Waals surface area contributed by atoms with Crippen LogP contribution in [0.1, 0.15) is 11.1 Å². The zero-order chi connectivity index (χ0) is 15.4. The molecule has 0 unspecified atom stereocenters. The molecule has 1 aromatic carbocycles. The van der Waals surface area contributed by atoms with Crippen molar-refractivity contribution in [3.63, 3.8) is 0 Å². The smallest absolute Gasteiger partial charge is 0.271 e. The number of hydrogen-bond acceptors (Lipinski definition) is 3. The number of carbonyl (C=O) groups is 1. The SMILES string of the molecule is Cc1ccc(C)c(OCC(=O)Nc2cc(Br)c[nH]c2=O)c1. The molecule has 21 heavy (non-hydrogen) atoms. The topological polar surface area (TPSA) is 71.2 Å². The van der Waals surface area contributed by atoms with Crippen LogP contribution < -0.4 is 15.6 Å². The highest BCUT2D eigenvalue weighted by atomic mass is 79.9. The molecule has 2 rings (SSSR count). The number of aryl methyl sites for hydroxylation is 2. The average molecular weight is 351 g/mol. The van der Waals surface area contributed by atoms with Gasteiger partial charge in [-0.25, -0.2) is 0 Å².